The molecular formula is C36H39Cl2SiZr. The van der Waals surface area contributed by atoms with E-state index in [4.69, 9.17) is 0 Å². The van der Waals surface area contributed by atoms with Crippen LogP contribution in [0.1, 0.15) is 45.1 Å². The van der Waals surface area contributed by atoms with E-state index in [0.29, 0.717) is 0 Å². The van der Waals surface area contributed by atoms with Crippen LogP contribution in [0.15, 0.2) is 115 Å². The standard InChI is InChI=1S/C16H13.C13H9.C6H14.CH3Si.2ClH.Zr/c1-12-10-14-8-5-9-15(16(14)11-12)13-6-3-2-4-7-13;1-2-6-12-10(4-1)8-9-11-5-3-7-13(11)12;1-3-5-6-4-2;1-2;;;/h2-11H,1H3;1-9H;3-6H2,1-2H3;1H3;2*1H;/q2*-1;;;;;+4/p-2. The van der Waals surface area contributed by atoms with Gasteiger partial charge in [-0.2, -0.15) is 18.2 Å². The van der Waals surface area contributed by atoms with Gasteiger partial charge in [-0.1, -0.05) is 131 Å². The van der Waals surface area contributed by atoms with Gasteiger partial charge in [0.15, 0.2) is 0 Å². The molecule has 40 heavy (non-hydrogen) atoms. The van der Waals surface area contributed by atoms with Crippen LogP contribution >= 0.6 is 0 Å². The van der Waals surface area contributed by atoms with Crippen LogP contribution in [-0.4, -0.2) is 10.2 Å². The van der Waals surface area contributed by atoms with Gasteiger partial charge in [0.25, 0.3) is 0 Å². The van der Waals surface area contributed by atoms with Crippen molar-refractivity contribution in [1.82, 2.24) is 0 Å². The molecule has 4 heteroatoms. The van der Waals surface area contributed by atoms with Crippen LogP contribution in [0.2, 0.25) is 6.55 Å². The normalized spacial score (nSPS) is 9.43. The molecule has 0 atom stereocenters. The van der Waals surface area contributed by atoms with Crippen molar-refractivity contribution in [2.45, 2.75) is 53.0 Å². The first-order valence-electron chi connectivity index (χ1n) is 13.5. The Labute approximate surface area is 276 Å². The van der Waals surface area contributed by atoms with Crippen LogP contribution in [0.3, 0.4) is 0 Å². The Morgan fingerprint density at radius 2 is 1.27 bits per heavy atom. The minimum Gasteiger partial charge on any atom is -1.00 e. The van der Waals surface area contributed by atoms with E-state index < -0.39 is 0 Å². The first-order chi connectivity index (χ1) is 18.2. The summed E-state index contributed by atoms with van der Waals surface area (Å²) in [6.45, 7) is 8.42. The van der Waals surface area contributed by atoms with E-state index in [-0.39, 0.29) is 51.0 Å². The first kappa shape index (κ1) is 38.0. The Kier molecular flexibility index (Phi) is 19.8. The van der Waals surface area contributed by atoms with Crippen LogP contribution in [-0.2, 0) is 26.2 Å². The third kappa shape index (κ3) is 10.5. The van der Waals surface area contributed by atoms with E-state index in [1.807, 2.05) is 0 Å². The SMILES string of the molecule is CCCCCC.C[Si].Cc1cc2c(-c3ccccc3)cccc2[cH-]1.[Cl-].[Cl-].[Zr+4].c1ccc2c(c1)ccc1[cH-]ccc12. The number of hydrogen-bond donors (Lipinski definition) is 0. The summed E-state index contributed by atoms with van der Waals surface area (Å²) in [7, 11) is 2.97. The minimum absolute atomic E-state index is 0. The zero-order valence-corrected chi connectivity index (χ0v) is 29.0. The molecular weight excluding hydrogens is 623 g/mol. The maximum atomic E-state index is 2.97. The van der Waals surface area contributed by atoms with E-state index in [2.05, 4.69) is 146 Å². The van der Waals surface area contributed by atoms with Crippen molar-refractivity contribution in [2.75, 3.05) is 0 Å². The van der Waals surface area contributed by atoms with Crippen LogP contribution in [0.4, 0.5) is 0 Å². The van der Waals surface area contributed by atoms with Crippen molar-refractivity contribution in [3.63, 3.8) is 0 Å². The maximum absolute atomic E-state index is 2.97. The molecule has 0 N–H and O–H groups in total. The number of halogens is 2. The number of fused-ring (bicyclic) bond motifs is 4. The first-order valence-corrected chi connectivity index (χ1v) is 14.5. The Balaban J connectivity index is 0.000000577. The molecule has 6 rings (SSSR count). The second kappa shape index (κ2) is 20.8. The van der Waals surface area contributed by atoms with Gasteiger partial charge in [0, 0.05) is 10.2 Å². The molecule has 0 bridgehead atoms. The molecule has 0 heterocycles. The van der Waals surface area contributed by atoms with Gasteiger partial charge < -0.3 is 24.8 Å². The van der Waals surface area contributed by atoms with Crippen LogP contribution in [0.5, 0.6) is 0 Å². The fourth-order valence-corrected chi connectivity index (χ4v) is 4.65. The van der Waals surface area contributed by atoms with Gasteiger partial charge in [-0.25, -0.2) is 0 Å². The molecule has 0 fully saturated rings. The largest absolute Gasteiger partial charge is 4.00 e. The smallest absolute Gasteiger partial charge is 1.00 e. The Morgan fingerprint density at radius 3 is 1.95 bits per heavy atom. The Morgan fingerprint density at radius 1 is 0.625 bits per heavy atom. The summed E-state index contributed by atoms with van der Waals surface area (Å²) in [6.07, 6.45) is 5.54. The summed E-state index contributed by atoms with van der Waals surface area (Å²) in [6, 6.07) is 40.9. The maximum Gasteiger partial charge on any atom is 4.00 e. The van der Waals surface area contributed by atoms with Crippen LogP contribution in [0, 0.1) is 6.92 Å². The van der Waals surface area contributed by atoms with Gasteiger partial charge in [0.2, 0.25) is 0 Å². The van der Waals surface area contributed by atoms with Crippen molar-refractivity contribution in [3.8, 4) is 11.1 Å². The van der Waals surface area contributed by atoms with Gasteiger partial charge in [-0.15, -0.1) is 57.4 Å². The van der Waals surface area contributed by atoms with E-state index in [9.17, 15) is 0 Å². The molecule has 0 aliphatic heterocycles. The van der Waals surface area contributed by atoms with Crippen molar-refractivity contribution in [3.05, 3.63) is 121 Å². The average Bonchev–Trinajstić information content (AvgIpc) is 3.60. The summed E-state index contributed by atoms with van der Waals surface area (Å²) < 4.78 is 0. The molecule has 0 spiro atoms. The molecule has 3 radical (unpaired) electrons. The minimum atomic E-state index is 0. The molecule has 6 aromatic carbocycles. The summed E-state index contributed by atoms with van der Waals surface area (Å²) in [5, 5.41) is 8.05. The molecule has 0 aliphatic rings. The van der Waals surface area contributed by atoms with Crippen molar-refractivity contribution in [2.24, 2.45) is 0 Å². The number of aryl methyl sites for hydroxylation is 1. The summed E-state index contributed by atoms with van der Waals surface area (Å²) >= 11 is 0. The van der Waals surface area contributed by atoms with Gasteiger partial charge in [-0.05, 0) is 10.9 Å². The fraction of sp³-hybridized carbons (Fsp3) is 0.222. The quantitative estimate of drug-likeness (QED) is 0.141. The molecule has 0 saturated heterocycles. The second-order valence-corrected chi connectivity index (χ2v) is 9.23. The van der Waals surface area contributed by atoms with Crippen LogP contribution < -0.4 is 24.8 Å². The van der Waals surface area contributed by atoms with Crippen LogP contribution in [0.25, 0.3) is 43.4 Å². The fourth-order valence-electron chi connectivity index (χ4n) is 4.65. The molecule has 0 unspecified atom stereocenters. The average molecular weight is 662 g/mol. The summed E-state index contributed by atoms with van der Waals surface area (Å²) in [5.41, 5.74) is 3.95. The molecule has 0 nitrogen and oxygen atoms in total. The van der Waals surface area contributed by atoms with Crippen molar-refractivity contribution in [1.29, 1.82) is 0 Å². The molecule has 0 amide bonds. The van der Waals surface area contributed by atoms with Gasteiger partial charge in [0.05, 0.1) is 0 Å². The van der Waals surface area contributed by atoms with E-state index in [0.717, 1.165) is 0 Å². The molecule has 6 aromatic rings. The zero-order chi connectivity index (χ0) is 26.5. The molecule has 0 aliphatic carbocycles. The van der Waals surface area contributed by atoms with Gasteiger partial charge in [-0.3, -0.25) is 0 Å². The predicted molar refractivity (Wildman–Crippen MR) is 168 cm³/mol. The second-order valence-electron chi connectivity index (χ2n) is 9.23. The van der Waals surface area contributed by atoms with Crippen molar-refractivity contribution >= 4 is 42.6 Å². The molecule has 0 saturated carbocycles. The Bertz CT molecular complexity index is 1480. The number of unbranched alkanes of at least 4 members (excludes halogenated alkanes) is 3. The van der Waals surface area contributed by atoms with E-state index in [1.54, 1.807) is 6.55 Å². The Hall–Kier alpha value is -1.96. The van der Waals surface area contributed by atoms with Gasteiger partial charge >= 0.3 is 26.2 Å². The molecule has 205 valence electrons. The topological polar surface area (TPSA) is 0 Å². The predicted octanol–water partition coefficient (Wildman–Crippen LogP) is 5.04. The van der Waals surface area contributed by atoms with Crippen molar-refractivity contribution < 1.29 is 51.0 Å². The van der Waals surface area contributed by atoms with Gasteiger partial charge in [0.1, 0.15) is 0 Å². The molecule has 0 aromatic heterocycles. The summed E-state index contributed by atoms with van der Waals surface area (Å²) in [4.78, 5) is 0. The monoisotopic (exact) mass is 659 g/mol. The number of benzene rings is 4. The number of rotatable bonds is 4. The zero-order valence-electron chi connectivity index (χ0n) is 24.1. The third-order valence-corrected chi connectivity index (χ3v) is 6.48. The number of hydrogen-bond acceptors (Lipinski definition) is 0. The third-order valence-electron chi connectivity index (χ3n) is 6.48. The van der Waals surface area contributed by atoms with E-state index in [1.165, 1.54) is 74.7 Å². The summed E-state index contributed by atoms with van der Waals surface area (Å²) in [5.74, 6) is 0. The van der Waals surface area contributed by atoms with E-state index >= 15 is 0 Å².